The zero-order chi connectivity index (χ0) is 25.5. The molecular formula is C24H22ClF3N2O4S. The molecule has 6 nitrogen and oxygen atoms in total. The maximum atomic E-state index is 13.4. The van der Waals surface area contributed by atoms with Crippen molar-refractivity contribution in [1.82, 2.24) is 5.32 Å². The number of anilines is 1. The number of ether oxygens (including phenoxy) is 1. The molecule has 3 aromatic carbocycles. The number of sulfonamides is 1. The van der Waals surface area contributed by atoms with E-state index in [0.717, 1.165) is 17.7 Å². The molecule has 0 unspecified atom stereocenters. The average Bonchev–Trinajstić information content (AvgIpc) is 2.83. The van der Waals surface area contributed by atoms with Crippen LogP contribution in [0.15, 0.2) is 83.8 Å². The molecule has 186 valence electrons. The molecule has 0 aliphatic rings. The van der Waals surface area contributed by atoms with Gasteiger partial charge in [0.05, 0.1) is 34.4 Å². The molecule has 0 heterocycles. The van der Waals surface area contributed by atoms with Crippen molar-refractivity contribution in [3.63, 3.8) is 0 Å². The molecule has 1 N–H and O–H groups in total. The molecule has 0 aliphatic heterocycles. The van der Waals surface area contributed by atoms with E-state index in [9.17, 15) is 26.4 Å². The summed E-state index contributed by atoms with van der Waals surface area (Å²) in [4.78, 5) is 12.4. The molecule has 0 aliphatic carbocycles. The molecule has 0 spiro atoms. The van der Waals surface area contributed by atoms with E-state index < -0.39 is 39.2 Å². The highest BCUT2D eigenvalue weighted by Gasteiger charge is 2.35. The van der Waals surface area contributed by atoms with Gasteiger partial charge in [0.1, 0.15) is 6.54 Å². The Kier molecular flexibility index (Phi) is 8.76. The highest BCUT2D eigenvalue weighted by molar-refractivity contribution is 7.92. The van der Waals surface area contributed by atoms with Crippen molar-refractivity contribution in [2.24, 2.45) is 0 Å². The van der Waals surface area contributed by atoms with Crippen molar-refractivity contribution in [2.45, 2.75) is 17.7 Å². The highest BCUT2D eigenvalue weighted by Crippen LogP contribution is 2.37. The zero-order valence-corrected chi connectivity index (χ0v) is 19.9. The minimum atomic E-state index is -4.81. The predicted octanol–water partition coefficient (Wildman–Crippen LogP) is 4.89. The van der Waals surface area contributed by atoms with E-state index in [1.165, 1.54) is 24.3 Å². The lowest BCUT2D eigenvalue weighted by Crippen LogP contribution is -2.41. The van der Waals surface area contributed by atoms with E-state index in [-0.39, 0.29) is 23.7 Å². The van der Waals surface area contributed by atoms with E-state index in [1.54, 1.807) is 6.07 Å². The van der Waals surface area contributed by atoms with Crippen molar-refractivity contribution in [2.75, 3.05) is 24.0 Å². The minimum absolute atomic E-state index is 0.0826. The van der Waals surface area contributed by atoms with Crippen LogP contribution in [0.1, 0.15) is 11.1 Å². The van der Waals surface area contributed by atoms with Gasteiger partial charge in [0.2, 0.25) is 5.91 Å². The second-order valence-electron chi connectivity index (χ2n) is 7.37. The first-order valence-corrected chi connectivity index (χ1v) is 12.2. The summed E-state index contributed by atoms with van der Waals surface area (Å²) in [5.74, 6) is -0.712. The van der Waals surface area contributed by atoms with Crippen molar-refractivity contribution < 1.29 is 31.1 Å². The third-order valence-electron chi connectivity index (χ3n) is 4.84. The van der Waals surface area contributed by atoms with Crippen LogP contribution in [-0.4, -0.2) is 34.0 Å². The Labute approximate surface area is 206 Å². The van der Waals surface area contributed by atoms with Crippen molar-refractivity contribution in [3.8, 4) is 0 Å². The highest BCUT2D eigenvalue weighted by atomic mass is 35.5. The van der Waals surface area contributed by atoms with Gasteiger partial charge in [-0.2, -0.15) is 13.2 Å². The van der Waals surface area contributed by atoms with Gasteiger partial charge in [0, 0.05) is 6.54 Å². The van der Waals surface area contributed by atoms with Crippen molar-refractivity contribution >= 4 is 33.2 Å². The average molecular weight is 527 g/mol. The van der Waals surface area contributed by atoms with Gasteiger partial charge in [-0.25, -0.2) is 8.42 Å². The second kappa shape index (κ2) is 11.6. The Hall–Kier alpha value is -3.08. The van der Waals surface area contributed by atoms with Crippen molar-refractivity contribution in [3.05, 3.63) is 95.0 Å². The van der Waals surface area contributed by atoms with Gasteiger partial charge in [0.15, 0.2) is 0 Å². The molecule has 0 bridgehead atoms. The maximum absolute atomic E-state index is 13.4. The zero-order valence-electron chi connectivity index (χ0n) is 18.3. The van der Waals surface area contributed by atoms with Crippen LogP contribution in [-0.2, 0) is 32.3 Å². The molecule has 3 aromatic rings. The topological polar surface area (TPSA) is 75.7 Å². The number of nitrogens with zero attached hydrogens (tertiary/aromatic N) is 1. The van der Waals surface area contributed by atoms with Gasteiger partial charge in [-0.3, -0.25) is 9.10 Å². The number of alkyl halides is 3. The number of rotatable bonds is 10. The fourth-order valence-electron chi connectivity index (χ4n) is 3.13. The Bertz CT molecular complexity index is 1240. The number of halogens is 4. The van der Waals surface area contributed by atoms with Gasteiger partial charge < -0.3 is 10.1 Å². The summed E-state index contributed by atoms with van der Waals surface area (Å²) < 4.78 is 72.8. The smallest absolute Gasteiger partial charge is 0.375 e. The van der Waals surface area contributed by atoms with Crippen LogP contribution >= 0.6 is 11.6 Å². The molecule has 0 radical (unpaired) electrons. The summed E-state index contributed by atoms with van der Waals surface area (Å²) in [7, 11) is -4.36. The lowest BCUT2D eigenvalue weighted by atomic mass is 10.2. The van der Waals surface area contributed by atoms with Crippen LogP contribution in [0.25, 0.3) is 0 Å². The number of nitrogens with one attached hydrogen (secondary N) is 1. The number of hydrogen-bond donors (Lipinski definition) is 1. The standard InChI is InChI=1S/C24H22ClF3N2O4S/c25-22-12-11-19(15-21(22)24(26,27)28)30(35(32,33)20-9-5-2-6-10-20)16-23(31)29-13-14-34-17-18-7-3-1-4-8-18/h1-12,15H,13-14,16-17H2,(H,29,31). The van der Waals surface area contributed by atoms with Crippen molar-refractivity contribution in [1.29, 1.82) is 0 Å². The van der Waals surface area contributed by atoms with Gasteiger partial charge in [0.25, 0.3) is 10.0 Å². The minimum Gasteiger partial charge on any atom is -0.375 e. The van der Waals surface area contributed by atoms with Crippen LogP contribution in [0.4, 0.5) is 18.9 Å². The fraction of sp³-hybridized carbons (Fsp3) is 0.208. The second-order valence-corrected chi connectivity index (χ2v) is 9.64. The van der Waals surface area contributed by atoms with Crippen LogP contribution in [0.3, 0.4) is 0 Å². The monoisotopic (exact) mass is 526 g/mol. The predicted molar refractivity (Wildman–Crippen MR) is 127 cm³/mol. The van der Waals surface area contributed by atoms with Gasteiger partial charge in [-0.1, -0.05) is 60.1 Å². The Morgan fingerprint density at radius 1 is 0.971 bits per heavy atom. The maximum Gasteiger partial charge on any atom is 0.417 e. The van der Waals surface area contributed by atoms with Crippen LogP contribution in [0, 0.1) is 0 Å². The summed E-state index contributed by atoms with van der Waals surface area (Å²) in [6.07, 6.45) is -4.81. The van der Waals surface area contributed by atoms with Crippen LogP contribution < -0.4 is 9.62 Å². The molecular weight excluding hydrogens is 505 g/mol. The molecule has 0 atom stereocenters. The normalized spacial score (nSPS) is 11.8. The quantitative estimate of drug-likeness (QED) is 0.382. The molecule has 0 aromatic heterocycles. The summed E-state index contributed by atoms with van der Waals surface area (Å²) in [6, 6.07) is 19.2. The van der Waals surface area contributed by atoms with Crippen LogP contribution in [0.2, 0.25) is 5.02 Å². The molecule has 0 saturated heterocycles. The molecule has 3 rings (SSSR count). The third-order valence-corrected chi connectivity index (χ3v) is 6.96. The first-order chi connectivity index (χ1) is 16.6. The third kappa shape index (κ3) is 7.20. The Morgan fingerprint density at radius 3 is 2.23 bits per heavy atom. The van der Waals surface area contributed by atoms with E-state index in [4.69, 9.17) is 16.3 Å². The molecule has 0 fully saturated rings. The Morgan fingerprint density at radius 2 is 1.60 bits per heavy atom. The van der Waals surface area contributed by atoms with Crippen LogP contribution in [0.5, 0.6) is 0 Å². The SMILES string of the molecule is O=C(CN(c1ccc(Cl)c(C(F)(F)F)c1)S(=O)(=O)c1ccccc1)NCCOCc1ccccc1. The largest absolute Gasteiger partial charge is 0.417 e. The lowest BCUT2D eigenvalue weighted by Gasteiger charge is -2.25. The number of carbonyl (C=O) groups excluding carboxylic acids is 1. The first-order valence-electron chi connectivity index (χ1n) is 10.4. The van der Waals surface area contributed by atoms with Gasteiger partial charge >= 0.3 is 6.18 Å². The summed E-state index contributed by atoms with van der Waals surface area (Å²) in [6.45, 7) is -0.171. The lowest BCUT2D eigenvalue weighted by molar-refractivity contribution is -0.137. The number of amides is 1. The van der Waals surface area contributed by atoms with E-state index in [1.807, 2.05) is 30.3 Å². The summed E-state index contributed by atoms with van der Waals surface area (Å²) in [5.41, 5.74) is -0.608. The fourth-order valence-corrected chi connectivity index (χ4v) is 4.79. The first kappa shape index (κ1) is 26.5. The van der Waals surface area contributed by atoms with E-state index in [2.05, 4.69) is 5.32 Å². The molecule has 11 heteroatoms. The molecule has 1 amide bonds. The Balaban J connectivity index is 1.76. The molecule has 0 saturated carbocycles. The van der Waals surface area contributed by atoms with Gasteiger partial charge in [-0.05, 0) is 35.9 Å². The number of carbonyl (C=O) groups is 1. The van der Waals surface area contributed by atoms with E-state index in [0.29, 0.717) is 17.0 Å². The van der Waals surface area contributed by atoms with Gasteiger partial charge in [-0.15, -0.1) is 0 Å². The van der Waals surface area contributed by atoms with E-state index >= 15 is 0 Å². The number of hydrogen-bond acceptors (Lipinski definition) is 4. The molecule has 35 heavy (non-hydrogen) atoms. The summed E-state index contributed by atoms with van der Waals surface area (Å²) >= 11 is 5.68. The summed E-state index contributed by atoms with van der Waals surface area (Å²) in [5, 5.41) is 1.95. The number of benzene rings is 3.